The van der Waals surface area contributed by atoms with Gasteiger partial charge in [0.1, 0.15) is 0 Å². The molecule has 1 fully saturated rings. The number of hydrogen-bond donors (Lipinski definition) is 0. The van der Waals surface area contributed by atoms with Gasteiger partial charge in [-0.2, -0.15) is 0 Å². The van der Waals surface area contributed by atoms with Gasteiger partial charge in [-0.15, -0.1) is 0 Å². The van der Waals surface area contributed by atoms with E-state index in [0.29, 0.717) is 6.04 Å². The average molecular weight is 245 g/mol. The van der Waals surface area contributed by atoms with Crippen molar-refractivity contribution in [1.29, 1.82) is 0 Å². The first-order valence-electron chi connectivity index (χ1n) is 4.56. The Hall–Kier alpha value is -0.350. The number of alkyl halides is 1. The Labute approximate surface area is 86.2 Å². The summed E-state index contributed by atoms with van der Waals surface area (Å²) in [6, 6.07) is 0.494. The van der Waals surface area contributed by atoms with Crippen LogP contribution in [0.5, 0.6) is 0 Å². The lowest BCUT2D eigenvalue weighted by Gasteiger charge is -2.22. The van der Waals surface area contributed by atoms with E-state index < -0.39 is 0 Å². The minimum atomic E-state index is 0.494. The third-order valence-electron chi connectivity index (χ3n) is 2.35. The van der Waals surface area contributed by atoms with Crippen molar-refractivity contribution in [1.82, 2.24) is 9.55 Å². The summed E-state index contributed by atoms with van der Waals surface area (Å²) in [5.41, 5.74) is 1.09. The monoisotopic (exact) mass is 244 g/mol. The van der Waals surface area contributed by atoms with E-state index in [-0.39, 0.29) is 0 Å². The molecule has 0 radical (unpaired) electrons. The molecule has 1 aromatic heterocycles. The number of rotatable bonds is 2. The summed E-state index contributed by atoms with van der Waals surface area (Å²) >= 11 is 3.39. The molecule has 0 spiro atoms. The van der Waals surface area contributed by atoms with Gasteiger partial charge in [0.15, 0.2) is 0 Å². The summed E-state index contributed by atoms with van der Waals surface area (Å²) in [6.45, 7) is 1.74. The van der Waals surface area contributed by atoms with Crippen molar-refractivity contribution >= 4 is 15.9 Å². The average Bonchev–Trinajstić information content (AvgIpc) is 2.67. The molecule has 0 saturated carbocycles. The van der Waals surface area contributed by atoms with Crippen molar-refractivity contribution in [2.24, 2.45) is 0 Å². The van der Waals surface area contributed by atoms with Gasteiger partial charge in [-0.1, -0.05) is 15.9 Å². The molecule has 0 aliphatic carbocycles. The van der Waals surface area contributed by atoms with E-state index in [0.717, 1.165) is 30.7 Å². The van der Waals surface area contributed by atoms with Crippen molar-refractivity contribution in [2.45, 2.75) is 24.2 Å². The highest BCUT2D eigenvalue weighted by Crippen LogP contribution is 2.19. The number of nitrogens with zero attached hydrogens (tertiary/aromatic N) is 2. The topological polar surface area (TPSA) is 27.1 Å². The van der Waals surface area contributed by atoms with Crippen LogP contribution in [0.4, 0.5) is 0 Å². The molecule has 1 aliphatic heterocycles. The maximum absolute atomic E-state index is 5.42. The zero-order chi connectivity index (χ0) is 9.10. The van der Waals surface area contributed by atoms with Crippen LogP contribution >= 0.6 is 15.9 Å². The van der Waals surface area contributed by atoms with Crippen LogP contribution in [0.1, 0.15) is 24.6 Å². The van der Waals surface area contributed by atoms with Gasteiger partial charge >= 0.3 is 0 Å². The molecule has 1 aromatic rings. The maximum atomic E-state index is 5.42. The lowest BCUT2D eigenvalue weighted by atomic mass is 10.1. The van der Waals surface area contributed by atoms with Gasteiger partial charge in [0, 0.05) is 18.1 Å². The molecular weight excluding hydrogens is 232 g/mol. The molecule has 4 heteroatoms. The molecule has 0 aromatic carbocycles. The molecule has 1 atom stereocenters. The molecule has 2 heterocycles. The predicted octanol–water partition coefficient (Wildman–Crippen LogP) is 2.13. The summed E-state index contributed by atoms with van der Waals surface area (Å²) in [6.07, 6.45) is 6.36. The summed E-state index contributed by atoms with van der Waals surface area (Å²) in [7, 11) is 0. The molecule has 1 aliphatic rings. The van der Waals surface area contributed by atoms with E-state index in [1.54, 1.807) is 0 Å². The zero-order valence-corrected chi connectivity index (χ0v) is 9.03. The second-order valence-corrected chi connectivity index (χ2v) is 3.88. The molecular formula is C9H13BrN2O. The fourth-order valence-electron chi connectivity index (χ4n) is 1.61. The van der Waals surface area contributed by atoms with Gasteiger partial charge < -0.3 is 9.30 Å². The minimum absolute atomic E-state index is 0.494. The Balaban J connectivity index is 2.05. The van der Waals surface area contributed by atoms with E-state index in [1.807, 2.05) is 6.33 Å². The molecule has 2 rings (SSSR count). The summed E-state index contributed by atoms with van der Waals surface area (Å²) in [4.78, 5) is 4.27. The second-order valence-electron chi connectivity index (χ2n) is 3.32. The van der Waals surface area contributed by atoms with Gasteiger partial charge in [0.2, 0.25) is 0 Å². The first-order chi connectivity index (χ1) is 6.40. The van der Waals surface area contributed by atoms with Gasteiger partial charge in [-0.25, -0.2) is 4.98 Å². The normalized spacial score (nSPS) is 23.3. The molecule has 0 bridgehead atoms. The van der Waals surface area contributed by atoms with Crippen LogP contribution in [0.15, 0.2) is 12.5 Å². The van der Waals surface area contributed by atoms with Gasteiger partial charge in [0.05, 0.1) is 24.7 Å². The second kappa shape index (κ2) is 4.24. The highest BCUT2D eigenvalue weighted by molar-refractivity contribution is 9.08. The fraction of sp³-hybridized carbons (Fsp3) is 0.667. The Bertz CT molecular complexity index is 268. The molecule has 1 unspecified atom stereocenters. The number of ether oxygens (including phenoxy) is 1. The maximum Gasteiger partial charge on any atom is 0.0953 e. The third-order valence-corrected chi connectivity index (χ3v) is 2.92. The standard InChI is InChI=1S/C9H13BrN2O/c10-4-8-5-12(7-11-8)9-2-1-3-13-6-9/h5,7,9H,1-4,6H2. The predicted molar refractivity (Wildman–Crippen MR) is 53.9 cm³/mol. The van der Waals surface area contributed by atoms with Crippen molar-refractivity contribution in [2.75, 3.05) is 13.2 Å². The first-order valence-corrected chi connectivity index (χ1v) is 5.68. The zero-order valence-electron chi connectivity index (χ0n) is 7.45. The molecule has 72 valence electrons. The van der Waals surface area contributed by atoms with E-state index in [2.05, 4.69) is 31.7 Å². The Kier molecular flexibility index (Phi) is 3.01. The van der Waals surface area contributed by atoms with E-state index >= 15 is 0 Å². The van der Waals surface area contributed by atoms with Crippen molar-refractivity contribution in [3.05, 3.63) is 18.2 Å². The summed E-state index contributed by atoms with van der Waals surface area (Å²) < 4.78 is 7.58. The minimum Gasteiger partial charge on any atom is -0.379 e. The summed E-state index contributed by atoms with van der Waals surface area (Å²) in [5.74, 6) is 0. The van der Waals surface area contributed by atoms with Crippen molar-refractivity contribution in [3.63, 3.8) is 0 Å². The van der Waals surface area contributed by atoms with Crippen LogP contribution in [0.25, 0.3) is 0 Å². The molecule has 1 saturated heterocycles. The van der Waals surface area contributed by atoms with Crippen LogP contribution in [0, 0.1) is 0 Å². The number of imidazole rings is 1. The largest absolute Gasteiger partial charge is 0.379 e. The SMILES string of the molecule is BrCc1cn(C2CCCOC2)cn1. The van der Waals surface area contributed by atoms with Crippen LogP contribution in [-0.2, 0) is 10.1 Å². The molecule has 13 heavy (non-hydrogen) atoms. The number of aromatic nitrogens is 2. The number of halogens is 1. The molecule has 0 N–H and O–H groups in total. The van der Waals surface area contributed by atoms with Gasteiger partial charge in [-0.3, -0.25) is 0 Å². The highest BCUT2D eigenvalue weighted by atomic mass is 79.9. The quantitative estimate of drug-likeness (QED) is 0.746. The fourth-order valence-corrected chi connectivity index (χ4v) is 1.90. The van der Waals surface area contributed by atoms with Crippen LogP contribution < -0.4 is 0 Å². The van der Waals surface area contributed by atoms with Gasteiger partial charge in [0.25, 0.3) is 0 Å². The van der Waals surface area contributed by atoms with Gasteiger partial charge in [-0.05, 0) is 12.8 Å². The molecule has 0 amide bonds. The number of hydrogen-bond acceptors (Lipinski definition) is 2. The van der Waals surface area contributed by atoms with Crippen LogP contribution in [0.3, 0.4) is 0 Å². The van der Waals surface area contributed by atoms with E-state index in [1.165, 1.54) is 6.42 Å². The first kappa shape index (κ1) is 9.21. The smallest absolute Gasteiger partial charge is 0.0953 e. The lowest BCUT2D eigenvalue weighted by Crippen LogP contribution is -2.20. The van der Waals surface area contributed by atoms with E-state index in [4.69, 9.17) is 4.74 Å². The third kappa shape index (κ3) is 2.11. The Morgan fingerprint density at radius 3 is 3.23 bits per heavy atom. The van der Waals surface area contributed by atoms with Crippen molar-refractivity contribution < 1.29 is 4.74 Å². The molecule has 3 nitrogen and oxygen atoms in total. The summed E-state index contributed by atoms with van der Waals surface area (Å²) in [5, 5.41) is 0.827. The highest BCUT2D eigenvalue weighted by Gasteiger charge is 2.15. The Morgan fingerprint density at radius 1 is 1.69 bits per heavy atom. The van der Waals surface area contributed by atoms with Crippen LogP contribution in [-0.4, -0.2) is 22.8 Å². The van der Waals surface area contributed by atoms with E-state index in [9.17, 15) is 0 Å². The van der Waals surface area contributed by atoms with Crippen LogP contribution in [0.2, 0.25) is 0 Å². The lowest BCUT2D eigenvalue weighted by molar-refractivity contribution is 0.0591. The van der Waals surface area contributed by atoms with Crippen molar-refractivity contribution in [3.8, 4) is 0 Å². The Morgan fingerprint density at radius 2 is 2.62 bits per heavy atom.